The van der Waals surface area contributed by atoms with Gasteiger partial charge in [-0.1, -0.05) is 213 Å². The van der Waals surface area contributed by atoms with Gasteiger partial charge in [-0.25, -0.2) is 0 Å². The summed E-state index contributed by atoms with van der Waals surface area (Å²) < 4.78 is 0. The first-order valence-electron chi connectivity index (χ1n) is 22.4. The van der Waals surface area contributed by atoms with Crippen molar-refractivity contribution in [2.45, 2.75) is 13.3 Å². The van der Waals surface area contributed by atoms with Gasteiger partial charge in [0.2, 0.25) is 0 Å². The third kappa shape index (κ3) is 7.63. The van der Waals surface area contributed by atoms with Gasteiger partial charge < -0.3 is 4.90 Å². The maximum Gasteiger partial charge on any atom is 0.0462 e. The van der Waals surface area contributed by atoms with Gasteiger partial charge in [0.15, 0.2) is 0 Å². The number of nitrogens with zero attached hydrogens (tertiary/aromatic N) is 1. The molecule has 1 unspecified atom stereocenters. The highest BCUT2D eigenvalue weighted by atomic mass is 15.1. The van der Waals surface area contributed by atoms with Crippen molar-refractivity contribution in [3.8, 4) is 55.6 Å². The smallest absolute Gasteiger partial charge is 0.0462 e. The zero-order valence-electron chi connectivity index (χ0n) is 35.9. The lowest BCUT2D eigenvalue weighted by Crippen LogP contribution is -2.10. The van der Waals surface area contributed by atoms with E-state index in [-0.39, 0.29) is 0 Å². The minimum absolute atomic E-state index is 0.454. The predicted octanol–water partition coefficient (Wildman–Crippen LogP) is 17.8. The molecule has 0 radical (unpaired) electrons. The van der Waals surface area contributed by atoms with Gasteiger partial charge in [0.1, 0.15) is 0 Å². The van der Waals surface area contributed by atoms with Crippen LogP contribution in [0.3, 0.4) is 0 Å². The molecule has 1 atom stereocenters. The molecular formula is C63H47N. The van der Waals surface area contributed by atoms with Crippen molar-refractivity contribution >= 4 is 44.2 Å². The summed E-state index contributed by atoms with van der Waals surface area (Å²) in [5.74, 6) is 0.454. The predicted molar refractivity (Wildman–Crippen MR) is 274 cm³/mol. The van der Waals surface area contributed by atoms with E-state index in [4.69, 9.17) is 0 Å². The van der Waals surface area contributed by atoms with Crippen molar-refractivity contribution < 1.29 is 0 Å². The minimum atomic E-state index is 0.454. The van der Waals surface area contributed by atoms with E-state index < -0.39 is 0 Å². The Labute approximate surface area is 376 Å². The molecule has 0 heterocycles. The number of hydrogen-bond donors (Lipinski definition) is 0. The van der Waals surface area contributed by atoms with Crippen LogP contribution in [0.4, 0.5) is 17.1 Å². The van der Waals surface area contributed by atoms with Gasteiger partial charge in [0.05, 0.1) is 0 Å². The van der Waals surface area contributed by atoms with Gasteiger partial charge >= 0.3 is 0 Å². The summed E-state index contributed by atoms with van der Waals surface area (Å²) in [4.78, 5) is 2.37. The topological polar surface area (TPSA) is 3.24 Å². The summed E-state index contributed by atoms with van der Waals surface area (Å²) in [6.07, 6.45) is 7.86. The van der Waals surface area contributed by atoms with Crippen LogP contribution in [0.2, 0.25) is 0 Å². The van der Waals surface area contributed by atoms with Gasteiger partial charge in [-0.2, -0.15) is 0 Å². The summed E-state index contributed by atoms with van der Waals surface area (Å²) >= 11 is 0. The molecule has 0 N–H and O–H groups in total. The van der Waals surface area contributed by atoms with Crippen LogP contribution in [0.25, 0.3) is 82.8 Å². The first-order valence-corrected chi connectivity index (χ1v) is 22.4. The molecule has 0 aliphatic heterocycles. The fraction of sp³-hybridized carbons (Fsp3) is 0.0476. The van der Waals surface area contributed by atoms with E-state index in [2.05, 4.69) is 261 Å². The summed E-state index contributed by atoms with van der Waals surface area (Å²) in [5, 5.41) is 5.05. The number of benzene rings is 10. The Balaban J connectivity index is 0.944. The molecule has 0 bridgehead atoms. The Morgan fingerprint density at radius 2 is 0.781 bits per heavy atom. The van der Waals surface area contributed by atoms with Crippen molar-refractivity contribution in [2.24, 2.45) is 5.92 Å². The van der Waals surface area contributed by atoms with Crippen LogP contribution in [0.15, 0.2) is 249 Å². The molecule has 0 spiro atoms. The number of fused-ring (bicyclic) bond motifs is 2. The van der Waals surface area contributed by atoms with Gasteiger partial charge in [0.25, 0.3) is 0 Å². The molecule has 0 fully saturated rings. The maximum atomic E-state index is 2.37. The van der Waals surface area contributed by atoms with Crippen molar-refractivity contribution in [2.75, 3.05) is 4.90 Å². The second-order valence-corrected chi connectivity index (χ2v) is 17.0. The van der Waals surface area contributed by atoms with Gasteiger partial charge in [-0.3, -0.25) is 0 Å². The maximum absolute atomic E-state index is 2.37. The number of hydrogen-bond acceptors (Lipinski definition) is 1. The lowest BCUT2D eigenvalue weighted by Gasteiger charge is -2.27. The SMILES string of the molecule is CC1CC=CC=C1c1ccc2ccccc2c1-c1ccc(N(c2ccc(-c3ccc(-c4ccccc4)cc3)cc2)c2ccc(-c3ccc(-c4ccc5ccccc5c4)cc3)cc2)cc1. The Kier molecular flexibility index (Phi) is 10.4. The van der Waals surface area contributed by atoms with E-state index in [0.717, 1.165) is 23.5 Å². The molecule has 64 heavy (non-hydrogen) atoms. The number of anilines is 3. The Hall–Kier alpha value is -8.00. The summed E-state index contributed by atoms with van der Waals surface area (Å²) in [7, 11) is 0. The molecule has 10 aromatic carbocycles. The van der Waals surface area contributed by atoms with Crippen LogP contribution in [-0.2, 0) is 0 Å². The van der Waals surface area contributed by atoms with Crippen LogP contribution in [0, 0.1) is 5.92 Å². The standard InChI is InChI=1S/C63H47N/c1-44-11-5-9-17-60(44)62-42-35-53-15-8-10-18-61(53)63(62)54-33-40-59(41-34-54)64(57-36-29-50(30-37-57)48-21-19-47(20-22-48)45-12-3-2-4-13-45)58-38-31-51(32-39-58)49-23-25-52(26-24-49)56-28-27-46-14-6-7-16-55(46)43-56/h2-10,12-44H,11H2,1H3. The van der Waals surface area contributed by atoms with Crippen LogP contribution in [0.5, 0.6) is 0 Å². The highest BCUT2D eigenvalue weighted by Gasteiger charge is 2.20. The van der Waals surface area contributed by atoms with Crippen LogP contribution in [-0.4, -0.2) is 0 Å². The Bertz CT molecular complexity index is 3300. The molecule has 0 aromatic heterocycles. The third-order valence-electron chi connectivity index (χ3n) is 13.0. The Morgan fingerprint density at radius 3 is 1.34 bits per heavy atom. The molecule has 0 saturated carbocycles. The van der Waals surface area contributed by atoms with E-state index in [1.807, 2.05) is 0 Å². The van der Waals surface area contributed by atoms with Crippen LogP contribution in [0.1, 0.15) is 18.9 Å². The number of rotatable bonds is 9. The first kappa shape index (κ1) is 38.9. The fourth-order valence-electron chi connectivity index (χ4n) is 9.46. The lowest BCUT2D eigenvalue weighted by molar-refractivity contribution is 0.759. The molecule has 0 saturated heterocycles. The summed E-state index contributed by atoms with van der Waals surface area (Å²) in [6, 6.07) is 84.2. The molecule has 0 amide bonds. The molecule has 304 valence electrons. The molecule has 1 nitrogen and oxygen atoms in total. The number of allylic oxidation sites excluding steroid dienone is 4. The van der Waals surface area contributed by atoms with E-state index in [1.165, 1.54) is 88.3 Å². The fourth-order valence-corrected chi connectivity index (χ4v) is 9.46. The van der Waals surface area contributed by atoms with E-state index in [0.29, 0.717) is 5.92 Å². The normalized spacial score (nSPS) is 13.5. The molecule has 11 rings (SSSR count). The molecule has 1 aliphatic carbocycles. The van der Waals surface area contributed by atoms with Crippen molar-refractivity contribution in [3.63, 3.8) is 0 Å². The van der Waals surface area contributed by atoms with Crippen LogP contribution < -0.4 is 4.90 Å². The summed E-state index contributed by atoms with van der Waals surface area (Å²) in [6.45, 7) is 2.34. The molecule has 10 aromatic rings. The monoisotopic (exact) mass is 817 g/mol. The zero-order valence-corrected chi connectivity index (χ0v) is 35.9. The first-order chi connectivity index (χ1) is 31.6. The second kappa shape index (κ2) is 17.0. The largest absolute Gasteiger partial charge is 0.311 e. The van der Waals surface area contributed by atoms with Crippen LogP contribution >= 0.6 is 0 Å². The Morgan fingerprint density at radius 1 is 0.359 bits per heavy atom. The van der Waals surface area contributed by atoms with Gasteiger partial charge in [-0.05, 0) is 143 Å². The summed E-state index contributed by atoms with van der Waals surface area (Å²) in [5.41, 5.74) is 18.2. The molecule has 1 heteroatoms. The third-order valence-corrected chi connectivity index (χ3v) is 13.0. The highest BCUT2D eigenvalue weighted by molar-refractivity contribution is 6.03. The van der Waals surface area contributed by atoms with Gasteiger partial charge in [-0.15, -0.1) is 0 Å². The molecular weight excluding hydrogens is 771 g/mol. The lowest BCUT2D eigenvalue weighted by atomic mass is 9.82. The van der Waals surface area contributed by atoms with E-state index >= 15 is 0 Å². The molecule has 1 aliphatic rings. The van der Waals surface area contributed by atoms with E-state index in [1.54, 1.807) is 0 Å². The van der Waals surface area contributed by atoms with Crippen molar-refractivity contribution in [1.29, 1.82) is 0 Å². The zero-order chi connectivity index (χ0) is 42.8. The van der Waals surface area contributed by atoms with E-state index in [9.17, 15) is 0 Å². The van der Waals surface area contributed by atoms with Crippen molar-refractivity contribution in [1.82, 2.24) is 0 Å². The second-order valence-electron chi connectivity index (χ2n) is 17.0. The highest BCUT2D eigenvalue weighted by Crippen LogP contribution is 2.43. The average molecular weight is 818 g/mol. The van der Waals surface area contributed by atoms with Crippen molar-refractivity contribution in [3.05, 3.63) is 254 Å². The average Bonchev–Trinajstić information content (AvgIpc) is 3.37. The quantitative estimate of drug-likeness (QED) is 0.140. The minimum Gasteiger partial charge on any atom is -0.311 e. The van der Waals surface area contributed by atoms with Gasteiger partial charge in [0, 0.05) is 17.1 Å².